The molecule has 0 aliphatic carbocycles. The average Bonchev–Trinajstić information content (AvgIpc) is 2.50. The SMILES string of the molecule is CC(=O)N[C@@H](Cc1cncn1C)C(=O)[O-]. The van der Waals surface area contributed by atoms with Crippen LogP contribution >= 0.6 is 0 Å². The fraction of sp³-hybridized carbons (Fsp3) is 0.444. The molecule has 0 unspecified atom stereocenters. The highest BCUT2D eigenvalue weighted by Crippen LogP contribution is 2.01. The lowest BCUT2D eigenvalue weighted by molar-refractivity contribution is -0.308. The van der Waals surface area contributed by atoms with Gasteiger partial charge in [0.1, 0.15) is 0 Å². The van der Waals surface area contributed by atoms with Gasteiger partial charge in [0.05, 0.1) is 18.3 Å². The summed E-state index contributed by atoms with van der Waals surface area (Å²) in [5, 5.41) is 13.0. The predicted octanol–water partition coefficient (Wildman–Crippen LogP) is -1.78. The number of hydrogen-bond acceptors (Lipinski definition) is 4. The van der Waals surface area contributed by atoms with Crippen LogP contribution in [0.3, 0.4) is 0 Å². The second-order valence-electron chi connectivity index (χ2n) is 3.27. The van der Waals surface area contributed by atoms with Gasteiger partial charge in [-0.3, -0.25) is 4.79 Å². The molecule has 6 nitrogen and oxygen atoms in total. The number of nitrogens with one attached hydrogen (secondary N) is 1. The highest BCUT2D eigenvalue weighted by molar-refractivity contribution is 5.81. The Morgan fingerprint density at radius 3 is 2.73 bits per heavy atom. The first-order valence-corrected chi connectivity index (χ1v) is 4.44. The zero-order valence-corrected chi connectivity index (χ0v) is 8.56. The monoisotopic (exact) mass is 210 g/mol. The summed E-state index contributed by atoms with van der Waals surface area (Å²) < 4.78 is 1.69. The highest BCUT2D eigenvalue weighted by Gasteiger charge is 2.13. The Balaban J connectivity index is 2.71. The van der Waals surface area contributed by atoms with Gasteiger partial charge in [-0.25, -0.2) is 4.98 Å². The first-order valence-electron chi connectivity index (χ1n) is 4.44. The largest absolute Gasteiger partial charge is 0.548 e. The average molecular weight is 210 g/mol. The zero-order valence-electron chi connectivity index (χ0n) is 8.56. The minimum Gasteiger partial charge on any atom is -0.548 e. The van der Waals surface area contributed by atoms with Crippen LogP contribution in [0.25, 0.3) is 0 Å². The molecule has 15 heavy (non-hydrogen) atoms. The Bertz CT molecular complexity index is 372. The van der Waals surface area contributed by atoms with E-state index in [1.807, 2.05) is 0 Å². The van der Waals surface area contributed by atoms with Crippen molar-refractivity contribution >= 4 is 11.9 Å². The maximum atomic E-state index is 10.7. The quantitative estimate of drug-likeness (QED) is 0.636. The van der Waals surface area contributed by atoms with E-state index >= 15 is 0 Å². The third kappa shape index (κ3) is 3.08. The Hall–Kier alpha value is -1.85. The summed E-state index contributed by atoms with van der Waals surface area (Å²) in [5.41, 5.74) is 0.720. The molecular weight excluding hydrogens is 198 g/mol. The molecule has 1 heterocycles. The highest BCUT2D eigenvalue weighted by atomic mass is 16.4. The maximum absolute atomic E-state index is 10.7. The van der Waals surface area contributed by atoms with E-state index in [2.05, 4.69) is 10.3 Å². The van der Waals surface area contributed by atoms with E-state index in [1.54, 1.807) is 24.1 Å². The van der Waals surface area contributed by atoms with Crippen LogP contribution in [0.1, 0.15) is 12.6 Å². The maximum Gasteiger partial charge on any atom is 0.217 e. The van der Waals surface area contributed by atoms with Crippen LogP contribution < -0.4 is 10.4 Å². The first kappa shape index (κ1) is 11.2. The smallest absolute Gasteiger partial charge is 0.217 e. The van der Waals surface area contributed by atoms with E-state index in [4.69, 9.17) is 0 Å². The molecule has 0 bridgehead atoms. The number of carboxylic acids is 1. The molecule has 1 rings (SSSR count). The number of carbonyl (C=O) groups is 2. The predicted molar refractivity (Wildman–Crippen MR) is 49.5 cm³/mol. The lowest BCUT2D eigenvalue weighted by Crippen LogP contribution is -2.48. The van der Waals surface area contributed by atoms with Crippen LogP contribution in [0.5, 0.6) is 0 Å². The summed E-state index contributed by atoms with van der Waals surface area (Å²) in [4.78, 5) is 25.3. The number of nitrogens with zero attached hydrogens (tertiary/aromatic N) is 2. The third-order valence-corrected chi connectivity index (χ3v) is 1.99. The van der Waals surface area contributed by atoms with Crippen molar-refractivity contribution in [2.45, 2.75) is 19.4 Å². The molecule has 0 fully saturated rings. The normalized spacial score (nSPS) is 12.1. The van der Waals surface area contributed by atoms with Gasteiger partial charge in [-0.1, -0.05) is 0 Å². The summed E-state index contributed by atoms with van der Waals surface area (Å²) >= 11 is 0. The van der Waals surface area contributed by atoms with E-state index in [9.17, 15) is 14.7 Å². The molecule has 0 aliphatic rings. The molecule has 1 aromatic heterocycles. The van der Waals surface area contributed by atoms with Crippen molar-refractivity contribution in [3.8, 4) is 0 Å². The summed E-state index contributed by atoms with van der Waals surface area (Å²) in [7, 11) is 1.75. The topological polar surface area (TPSA) is 87.0 Å². The van der Waals surface area contributed by atoms with Gasteiger partial charge in [0.25, 0.3) is 0 Å². The van der Waals surface area contributed by atoms with Gasteiger partial charge in [-0.15, -0.1) is 0 Å². The lowest BCUT2D eigenvalue weighted by atomic mass is 10.1. The van der Waals surface area contributed by atoms with Gasteiger partial charge < -0.3 is 19.8 Å². The third-order valence-electron chi connectivity index (χ3n) is 1.99. The molecule has 0 saturated carbocycles. The minimum atomic E-state index is -1.30. The first-order chi connectivity index (χ1) is 7.00. The Morgan fingerprint density at radius 2 is 2.33 bits per heavy atom. The molecule has 0 aromatic carbocycles. The van der Waals surface area contributed by atoms with Crippen LogP contribution in [0.4, 0.5) is 0 Å². The van der Waals surface area contributed by atoms with E-state index in [0.29, 0.717) is 0 Å². The van der Waals surface area contributed by atoms with Crippen LogP contribution in [0, 0.1) is 0 Å². The number of aliphatic carboxylic acids is 1. The van der Waals surface area contributed by atoms with Gasteiger partial charge in [0.15, 0.2) is 0 Å². The zero-order chi connectivity index (χ0) is 11.4. The molecule has 1 N–H and O–H groups in total. The number of rotatable bonds is 4. The Morgan fingerprint density at radius 1 is 1.67 bits per heavy atom. The number of aryl methyl sites for hydroxylation is 1. The Kier molecular flexibility index (Phi) is 3.43. The van der Waals surface area contributed by atoms with Gasteiger partial charge in [0, 0.05) is 32.3 Å². The van der Waals surface area contributed by atoms with Crippen molar-refractivity contribution < 1.29 is 14.7 Å². The number of carbonyl (C=O) groups excluding carboxylic acids is 2. The second-order valence-corrected chi connectivity index (χ2v) is 3.27. The molecule has 6 heteroatoms. The number of aromatic nitrogens is 2. The van der Waals surface area contributed by atoms with Gasteiger partial charge in [-0.2, -0.15) is 0 Å². The van der Waals surface area contributed by atoms with Crippen molar-refractivity contribution in [1.82, 2.24) is 14.9 Å². The van der Waals surface area contributed by atoms with E-state index in [-0.39, 0.29) is 6.42 Å². The van der Waals surface area contributed by atoms with Crippen molar-refractivity contribution in [2.24, 2.45) is 7.05 Å². The molecule has 1 aromatic rings. The molecule has 1 amide bonds. The Labute approximate surface area is 86.9 Å². The van der Waals surface area contributed by atoms with E-state index in [0.717, 1.165) is 5.69 Å². The molecule has 82 valence electrons. The summed E-state index contributed by atoms with van der Waals surface area (Å²) in [6.45, 7) is 1.26. The summed E-state index contributed by atoms with van der Waals surface area (Å²) in [5.74, 6) is -1.70. The van der Waals surface area contributed by atoms with Crippen LogP contribution in [-0.2, 0) is 23.1 Å². The van der Waals surface area contributed by atoms with Crippen molar-refractivity contribution in [3.63, 3.8) is 0 Å². The number of hydrogen-bond donors (Lipinski definition) is 1. The fourth-order valence-corrected chi connectivity index (χ4v) is 1.23. The van der Waals surface area contributed by atoms with Crippen LogP contribution in [0.2, 0.25) is 0 Å². The van der Waals surface area contributed by atoms with E-state index < -0.39 is 17.9 Å². The fourth-order valence-electron chi connectivity index (χ4n) is 1.23. The van der Waals surface area contributed by atoms with Crippen LogP contribution in [0.15, 0.2) is 12.5 Å². The number of amides is 1. The second kappa shape index (κ2) is 4.59. The molecule has 0 radical (unpaired) electrons. The van der Waals surface area contributed by atoms with E-state index in [1.165, 1.54) is 6.92 Å². The molecule has 0 aliphatic heterocycles. The molecule has 0 saturated heterocycles. The van der Waals surface area contributed by atoms with Crippen molar-refractivity contribution in [3.05, 3.63) is 18.2 Å². The summed E-state index contributed by atoms with van der Waals surface area (Å²) in [6, 6.07) is -1.02. The standard InChI is InChI=1S/C9H13N3O3/c1-6(13)11-8(9(14)15)3-7-4-10-5-12(7)2/h4-5,8H,3H2,1-2H3,(H,11,13)(H,14,15)/p-1/t8-/m0/s1. The minimum absolute atomic E-state index is 0.165. The molecular formula is C9H12N3O3-. The molecule has 1 atom stereocenters. The van der Waals surface area contributed by atoms with Crippen molar-refractivity contribution in [2.75, 3.05) is 0 Å². The summed E-state index contributed by atoms with van der Waals surface area (Å²) in [6.07, 6.45) is 3.28. The lowest BCUT2D eigenvalue weighted by Gasteiger charge is -2.18. The number of carboxylic acid groups (broad SMARTS) is 1. The van der Waals surface area contributed by atoms with Crippen LogP contribution in [-0.4, -0.2) is 27.5 Å². The van der Waals surface area contributed by atoms with Crippen molar-refractivity contribution in [1.29, 1.82) is 0 Å². The van der Waals surface area contributed by atoms with Gasteiger partial charge in [0.2, 0.25) is 5.91 Å². The van der Waals surface area contributed by atoms with Gasteiger partial charge >= 0.3 is 0 Å². The number of imidazole rings is 1. The molecule has 0 spiro atoms. The van der Waals surface area contributed by atoms with Gasteiger partial charge in [-0.05, 0) is 0 Å².